The number of hydrogen-bond donors (Lipinski definition) is 1. The Morgan fingerprint density at radius 1 is 1.76 bits per heavy atom. The molecule has 0 spiro atoms. The minimum absolute atomic E-state index is 0.198. The van der Waals surface area contributed by atoms with Crippen molar-refractivity contribution < 1.29 is 9.90 Å². The van der Waals surface area contributed by atoms with Gasteiger partial charge in [0.25, 0.3) is 0 Å². The van der Waals surface area contributed by atoms with E-state index in [1.807, 2.05) is 0 Å². The van der Waals surface area contributed by atoms with Crippen LogP contribution < -0.4 is 0 Å². The van der Waals surface area contributed by atoms with E-state index in [2.05, 4.69) is 39.2 Å². The molecule has 1 N–H and O–H groups in total. The molecule has 1 fully saturated rings. The second-order valence-corrected chi connectivity index (χ2v) is 6.33. The van der Waals surface area contributed by atoms with E-state index < -0.39 is 5.97 Å². The van der Waals surface area contributed by atoms with Gasteiger partial charge in [0.1, 0.15) is 0 Å². The summed E-state index contributed by atoms with van der Waals surface area (Å²) >= 11 is 5.19. The Bertz CT molecular complexity index is 407. The second-order valence-electron chi connectivity index (χ2n) is 4.48. The molecule has 5 heteroatoms. The third-order valence-corrected chi connectivity index (χ3v) is 5.19. The fraction of sp³-hybridized carbons (Fsp3) is 0.583. The molecule has 0 aliphatic carbocycles. The van der Waals surface area contributed by atoms with Crippen LogP contribution in [0, 0.1) is 0 Å². The van der Waals surface area contributed by atoms with Crippen LogP contribution in [0.15, 0.2) is 15.9 Å². The van der Waals surface area contributed by atoms with E-state index in [4.69, 9.17) is 5.11 Å². The SMILES string of the molecule is CC(c1cc(Br)cs1)N1CCCC1CC(=O)O. The van der Waals surface area contributed by atoms with Crippen LogP contribution >= 0.6 is 27.3 Å². The molecule has 2 heterocycles. The third-order valence-electron chi connectivity index (χ3n) is 3.33. The van der Waals surface area contributed by atoms with Gasteiger partial charge in [-0.2, -0.15) is 0 Å². The maximum atomic E-state index is 10.8. The first-order valence-electron chi connectivity index (χ1n) is 5.79. The lowest BCUT2D eigenvalue weighted by molar-refractivity contribution is -0.138. The summed E-state index contributed by atoms with van der Waals surface area (Å²) in [6.45, 7) is 3.17. The fourth-order valence-corrected chi connectivity index (χ4v) is 4.02. The molecule has 2 atom stereocenters. The summed E-state index contributed by atoms with van der Waals surface area (Å²) in [5.41, 5.74) is 0. The van der Waals surface area contributed by atoms with Crippen LogP contribution in [0.1, 0.15) is 37.1 Å². The monoisotopic (exact) mass is 317 g/mol. The van der Waals surface area contributed by atoms with Crippen molar-refractivity contribution in [1.29, 1.82) is 0 Å². The highest BCUT2D eigenvalue weighted by atomic mass is 79.9. The van der Waals surface area contributed by atoms with Crippen LogP contribution in [-0.4, -0.2) is 28.6 Å². The Balaban J connectivity index is 2.07. The number of thiophene rings is 1. The lowest BCUT2D eigenvalue weighted by Gasteiger charge is -2.29. The summed E-state index contributed by atoms with van der Waals surface area (Å²) in [4.78, 5) is 14.5. The normalized spacial score (nSPS) is 22.8. The van der Waals surface area contributed by atoms with Crippen molar-refractivity contribution in [3.8, 4) is 0 Å². The molecule has 1 aromatic heterocycles. The maximum Gasteiger partial charge on any atom is 0.304 e. The Labute approximate surface area is 114 Å². The van der Waals surface area contributed by atoms with Crippen LogP contribution in [0.3, 0.4) is 0 Å². The molecule has 3 nitrogen and oxygen atoms in total. The van der Waals surface area contributed by atoms with Gasteiger partial charge >= 0.3 is 5.97 Å². The highest BCUT2D eigenvalue weighted by Gasteiger charge is 2.31. The van der Waals surface area contributed by atoms with Gasteiger partial charge in [0.15, 0.2) is 0 Å². The van der Waals surface area contributed by atoms with Gasteiger partial charge in [-0.05, 0) is 48.3 Å². The molecule has 0 saturated carbocycles. The molecule has 17 heavy (non-hydrogen) atoms. The standard InChI is InChI=1S/C12H16BrNO2S/c1-8(11-5-9(13)7-17-11)14-4-2-3-10(14)6-12(15)16/h5,7-8,10H,2-4,6H2,1H3,(H,15,16). The van der Waals surface area contributed by atoms with Crippen LogP contribution in [0.2, 0.25) is 0 Å². The van der Waals surface area contributed by atoms with Crippen LogP contribution in [-0.2, 0) is 4.79 Å². The van der Waals surface area contributed by atoms with Crippen molar-refractivity contribution >= 4 is 33.2 Å². The molecule has 0 radical (unpaired) electrons. The average Bonchev–Trinajstić information content (AvgIpc) is 2.85. The van der Waals surface area contributed by atoms with E-state index in [1.54, 1.807) is 11.3 Å². The number of nitrogens with zero attached hydrogens (tertiary/aromatic N) is 1. The summed E-state index contributed by atoms with van der Waals surface area (Å²) in [6.07, 6.45) is 2.37. The van der Waals surface area contributed by atoms with Crippen LogP contribution in [0.25, 0.3) is 0 Å². The quantitative estimate of drug-likeness (QED) is 0.923. The van der Waals surface area contributed by atoms with E-state index in [9.17, 15) is 4.79 Å². The third kappa shape index (κ3) is 3.09. The van der Waals surface area contributed by atoms with Gasteiger partial charge in [-0.15, -0.1) is 11.3 Å². The smallest absolute Gasteiger partial charge is 0.304 e. The first kappa shape index (κ1) is 13.1. The number of carbonyl (C=O) groups is 1. The minimum atomic E-state index is -0.693. The molecule has 1 saturated heterocycles. The Hall–Kier alpha value is -0.390. The largest absolute Gasteiger partial charge is 0.481 e. The summed E-state index contributed by atoms with van der Waals surface area (Å²) in [5.74, 6) is -0.693. The molecule has 1 aromatic rings. The Morgan fingerprint density at radius 3 is 3.12 bits per heavy atom. The first-order chi connectivity index (χ1) is 8.08. The lowest BCUT2D eigenvalue weighted by atomic mass is 10.1. The number of halogens is 1. The highest BCUT2D eigenvalue weighted by Crippen LogP contribution is 2.34. The van der Waals surface area contributed by atoms with Crippen molar-refractivity contribution in [3.05, 3.63) is 20.8 Å². The molecule has 94 valence electrons. The molecule has 1 aliphatic rings. The lowest BCUT2D eigenvalue weighted by Crippen LogP contribution is -2.33. The van der Waals surface area contributed by atoms with Gasteiger partial charge in [0.2, 0.25) is 0 Å². The fourth-order valence-electron chi connectivity index (χ4n) is 2.50. The Kier molecular flexibility index (Phi) is 4.22. The molecule has 0 bridgehead atoms. The molecule has 2 unspecified atom stereocenters. The van der Waals surface area contributed by atoms with Crippen molar-refractivity contribution in [2.24, 2.45) is 0 Å². The topological polar surface area (TPSA) is 40.5 Å². The van der Waals surface area contributed by atoms with Gasteiger partial charge in [-0.25, -0.2) is 0 Å². The predicted octanol–water partition coefficient (Wildman–Crippen LogP) is 3.51. The van der Waals surface area contributed by atoms with Crippen molar-refractivity contribution in [1.82, 2.24) is 4.90 Å². The van der Waals surface area contributed by atoms with Crippen LogP contribution in [0.5, 0.6) is 0 Å². The minimum Gasteiger partial charge on any atom is -0.481 e. The maximum absolute atomic E-state index is 10.8. The Morgan fingerprint density at radius 2 is 2.53 bits per heavy atom. The number of carboxylic acids is 1. The zero-order valence-electron chi connectivity index (χ0n) is 9.73. The summed E-state index contributed by atoms with van der Waals surface area (Å²) < 4.78 is 1.11. The highest BCUT2D eigenvalue weighted by molar-refractivity contribution is 9.10. The average molecular weight is 318 g/mol. The van der Waals surface area contributed by atoms with Gasteiger partial charge in [-0.1, -0.05) is 0 Å². The number of likely N-dealkylation sites (tertiary alicyclic amines) is 1. The number of aliphatic carboxylic acids is 1. The molecule has 0 aromatic carbocycles. The zero-order chi connectivity index (χ0) is 12.4. The summed E-state index contributed by atoms with van der Waals surface area (Å²) in [5, 5.41) is 11.0. The predicted molar refractivity (Wildman–Crippen MR) is 72.4 cm³/mol. The number of carboxylic acid groups (broad SMARTS) is 1. The van der Waals surface area contributed by atoms with Gasteiger partial charge in [0.05, 0.1) is 6.42 Å². The van der Waals surface area contributed by atoms with Gasteiger partial charge in [0, 0.05) is 26.8 Å². The molecule has 1 aliphatic heterocycles. The van der Waals surface area contributed by atoms with E-state index in [0.717, 1.165) is 23.9 Å². The van der Waals surface area contributed by atoms with Gasteiger partial charge in [-0.3, -0.25) is 9.69 Å². The molecule has 0 amide bonds. The van der Waals surface area contributed by atoms with E-state index >= 15 is 0 Å². The van der Waals surface area contributed by atoms with Gasteiger partial charge < -0.3 is 5.11 Å². The summed E-state index contributed by atoms with van der Waals surface area (Å²) in [7, 11) is 0. The van der Waals surface area contributed by atoms with Crippen LogP contribution in [0.4, 0.5) is 0 Å². The van der Waals surface area contributed by atoms with E-state index in [0.29, 0.717) is 6.04 Å². The van der Waals surface area contributed by atoms with E-state index in [-0.39, 0.29) is 12.5 Å². The van der Waals surface area contributed by atoms with Crippen molar-refractivity contribution in [2.75, 3.05) is 6.54 Å². The first-order valence-corrected chi connectivity index (χ1v) is 7.46. The molecular weight excluding hydrogens is 302 g/mol. The zero-order valence-corrected chi connectivity index (χ0v) is 12.1. The molecular formula is C12H16BrNO2S. The van der Waals surface area contributed by atoms with Crippen molar-refractivity contribution in [3.63, 3.8) is 0 Å². The molecule has 2 rings (SSSR count). The summed E-state index contributed by atoms with van der Waals surface area (Å²) in [6, 6.07) is 2.65. The number of rotatable bonds is 4. The number of hydrogen-bond acceptors (Lipinski definition) is 3. The van der Waals surface area contributed by atoms with Crippen molar-refractivity contribution in [2.45, 2.75) is 38.3 Å². The second kappa shape index (κ2) is 5.50. The van der Waals surface area contributed by atoms with E-state index in [1.165, 1.54) is 4.88 Å².